The SMILES string of the molecule is CN(C)C(CNc1ccn2ncc(Br)c2n1)Cc1ccccc1. The molecule has 23 heavy (non-hydrogen) atoms. The van der Waals surface area contributed by atoms with Crippen LogP contribution in [0.25, 0.3) is 5.65 Å². The Morgan fingerprint density at radius 2 is 2.00 bits per heavy atom. The van der Waals surface area contributed by atoms with Crippen LogP contribution in [0.2, 0.25) is 0 Å². The molecule has 0 radical (unpaired) electrons. The Hall–Kier alpha value is -1.92. The molecule has 0 bridgehead atoms. The van der Waals surface area contributed by atoms with Gasteiger partial charge in [-0.2, -0.15) is 5.10 Å². The Morgan fingerprint density at radius 3 is 2.74 bits per heavy atom. The summed E-state index contributed by atoms with van der Waals surface area (Å²) in [6.07, 6.45) is 4.67. The summed E-state index contributed by atoms with van der Waals surface area (Å²) in [6, 6.07) is 12.9. The normalized spacial score (nSPS) is 12.7. The predicted octanol–water partition coefficient (Wildman–Crippen LogP) is 3.08. The molecule has 0 aliphatic rings. The van der Waals surface area contributed by atoms with Crippen LogP contribution in [0.4, 0.5) is 5.82 Å². The van der Waals surface area contributed by atoms with Crippen molar-refractivity contribution in [3.05, 3.63) is 58.8 Å². The molecule has 2 aromatic heterocycles. The summed E-state index contributed by atoms with van der Waals surface area (Å²) in [5, 5.41) is 7.65. The fourth-order valence-electron chi connectivity index (χ4n) is 2.49. The number of fused-ring (bicyclic) bond motifs is 1. The Labute approximate surface area is 144 Å². The van der Waals surface area contributed by atoms with Crippen LogP contribution >= 0.6 is 15.9 Å². The summed E-state index contributed by atoms with van der Waals surface area (Å²) in [7, 11) is 4.22. The first kappa shape index (κ1) is 16.0. The van der Waals surface area contributed by atoms with Gasteiger partial charge in [0.2, 0.25) is 0 Å². The molecular weight excluding hydrogens is 354 g/mol. The van der Waals surface area contributed by atoms with E-state index in [1.807, 2.05) is 12.3 Å². The molecule has 0 amide bonds. The van der Waals surface area contributed by atoms with Gasteiger partial charge < -0.3 is 10.2 Å². The molecule has 0 aliphatic heterocycles. The highest BCUT2D eigenvalue weighted by molar-refractivity contribution is 9.10. The number of benzene rings is 1. The number of hydrogen-bond acceptors (Lipinski definition) is 4. The van der Waals surface area contributed by atoms with Crippen molar-refractivity contribution in [1.29, 1.82) is 0 Å². The molecule has 1 atom stereocenters. The number of hydrogen-bond donors (Lipinski definition) is 1. The fourth-order valence-corrected chi connectivity index (χ4v) is 2.85. The Bertz CT molecular complexity index is 769. The first-order chi connectivity index (χ1) is 11.1. The molecule has 0 fully saturated rings. The lowest BCUT2D eigenvalue weighted by atomic mass is 10.1. The molecule has 0 saturated carbocycles. The molecule has 0 aliphatic carbocycles. The molecule has 0 spiro atoms. The van der Waals surface area contributed by atoms with E-state index < -0.39 is 0 Å². The number of rotatable bonds is 6. The average Bonchev–Trinajstić information content (AvgIpc) is 2.93. The summed E-state index contributed by atoms with van der Waals surface area (Å²) in [6.45, 7) is 0.830. The second kappa shape index (κ2) is 7.10. The van der Waals surface area contributed by atoms with E-state index in [4.69, 9.17) is 0 Å². The van der Waals surface area contributed by atoms with Crippen LogP contribution in [-0.2, 0) is 6.42 Å². The van der Waals surface area contributed by atoms with Gasteiger partial charge in [0.25, 0.3) is 0 Å². The van der Waals surface area contributed by atoms with Crippen molar-refractivity contribution in [3.8, 4) is 0 Å². The van der Waals surface area contributed by atoms with Gasteiger partial charge in [-0.05, 0) is 48.1 Å². The number of likely N-dealkylation sites (N-methyl/N-ethyl adjacent to an activating group) is 1. The van der Waals surface area contributed by atoms with E-state index >= 15 is 0 Å². The molecule has 1 N–H and O–H groups in total. The highest BCUT2D eigenvalue weighted by Gasteiger charge is 2.13. The van der Waals surface area contributed by atoms with Gasteiger partial charge in [0.15, 0.2) is 5.65 Å². The summed E-state index contributed by atoms with van der Waals surface area (Å²) in [5.41, 5.74) is 2.16. The Balaban J connectivity index is 1.69. The van der Waals surface area contributed by atoms with Crippen LogP contribution < -0.4 is 5.32 Å². The minimum Gasteiger partial charge on any atom is -0.368 e. The van der Waals surface area contributed by atoms with Crippen molar-refractivity contribution in [2.45, 2.75) is 12.5 Å². The van der Waals surface area contributed by atoms with Crippen molar-refractivity contribution in [2.75, 3.05) is 26.0 Å². The van der Waals surface area contributed by atoms with Gasteiger partial charge in [-0.15, -0.1) is 0 Å². The molecule has 0 saturated heterocycles. The number of halogens is 1. The first-order valence-corrected chi connectivity index (χ1v) is 8.37. The van der Waals surface area contributed by atoms with Gasteiger partial charge in [-0.3, -0.25) is 0 Å². The van der Waals surface area contributed by atoms with Crippen molar-refractivity contribution >= 4 is 27.4 Å². The molecule has 120 valence electrons. The van der Waals surface area contributed by atoms with Gasteiger partial charge in [-0.1, -0.05) is 30.3 Å². The molecular formula is C17H20BrN5. The largest absolute Gasteiger partial charge is 0.368 e. The van der Waals surface area contributed by atoms with Gasteiger partial charge in [0.05, 0.1) is 10.7 Å². The standard InChI is InChI=1S/C17H20BrN5/c1-22(2)14(10-13-6-4-3-5-7-13)11-19-16-8-9-23-17(21-16)15(18)12-20-23/h3-9,12,14H,10-11H2,1-2H3,(H,19,21). The smallest absolute Gasteiger partial charge is 0.171 e. The molecule has 3 rings (SSSR count). The second-order valence-electron chi connectivity index (χ2n) is 5.76. The van der Waals surface area contributed by atoms with Crippen molar-refractivity contribution in [2.24, 2.45) is 0 Å². The predicted molar refractivity (Wildman–Crippen MR) is 96.8 cm³/mol. The molecule has 2 heterocycles. The fraction of sp³-hybridized carbons (Fsp3) is 0.294. The van der Waals surface area contributed by atoms with Crippen molar-refractivity contribution in [1.82, 2.24) is 19.5 Å². The number of anilines is 1. The number of nitrogens with one attached hydrogen (secondary N) is 1. The first-order valence-electron chi connectivity index (χ1n) is 7.57. The maximum atomic E-state index is 4.60. The van der Waals surface area contributed by atoms with E-state index in [2.05, 4.69) is 80.7 Å². The summed E-state index contributed by atoms with van der Waals surface area (Å²) in [5.74, 6) is 0.860. The maximum Gasteiger partial charge on any atom is 0.171 e. The zero-order chi connectivity index (χ0) is 16.2. The lowest BCUT2D eigenvalue weighted by molar-refractivity contribution is 0.303. The van der Waals surface area contributed by atoms with Gasteiger partial charge in [0, 0.05) is 18.8 Å². The number of nitrogens with zero attached hydrogens (tertiary/aromatic N) is 4. The molecule has 3 aromatic rings. The third-order valence-electron chi connectivity index (χ3n) is 3.89. The molecule has 5 nitrogen and oxygen atoms in total. The van der Waals surface area contributed by atoms with Gasteiger partial charge >= 0.3 is 0 Å². The zero-order valence-electron chi connectivity index (χ0n) is 13.3. The topological polar surface area (TPSA) is 45.5 Å². The minimum atomic E-state index is 0.392. The van der Waals surface area contributed by atoms with Crippen LogP contribution in [0.1, 0.15) is 5.56 Å². The Kier molecular flexibility index (Phi) is 4.93. The summed E-state index contributed by atoms with van der Waals surface area (Å²) < 4.78 is 2.65. The maximum absolute atomic E-state index is 4.60. The molecule has 6 heteroatoms. The van der Waals surface area contributed by atoms with E-state index in [1.165, 1.54) is 5.56 Å². The van der Waals surface area contributed by atoms with Crippen molar-refractivity contribution < 1.29 is 0 Å². The van der Waals surface area contributed by atoms with E-state index in [9.17, 15) is 0 Å². The van der Waals surface area contributed by atoms with E-state index in [1.54, 1.807) is 10.7 Å². The summed E-state index contributed by atoms with van der Waals surface area (Å²) >= 11 is 3.47. The molecule has 1 aromatic carbocycles. The van der Waals surface area contributed by atoms with Crippen LogP contribution in [0, 0.1) is 0 Å². The Morgan fingerprint density at radius 1 is 1.22 bits per heavy atom. The van der Waals surface area contributed by atoms with Crippen LogP contribution in [0.15, 0.2) is 53.3 Å². The molecule has 1 unspecified atom stereocenters. The monoisotopic (exact) mass is 373 g/mol. The highest BCUT2D eigenvalue weighted by Crippen LogP contribution is 2.17. The highest BCUT2D eigenvalue weighted by atomic mass is 79.9. The zero-order valence-corrected chi connectivity index (χ0v) is 14.9. The van der Waals surface area contributed by atoms with Crippen molar-refractivity contribution in [3.63, 3.8) is 0 Å². The van der Waals surface area contributed by atoms with Crippen LogP contribution in [0.3, 0.4) is 0 Å². The van der Waals surface area contributed by atoms with Crippen LogP contribution in [-0.4, -0.2) is 46.2 Å². The second-order valence-corrected chi connectivity index (χ2v) is 6.62. The van der Waals surface area contributed by atoms with E-state index in [0.29, 0.717) is 6.04 Å². The van der Waals surface area contributed by atoms with Crippen LogP contribution in [0.5, 0.6) is 0 Å². The lowest BCUT2D eigenvalue weighted by Crippen LogP contribution is -2.36. The number of aromatic nitrogens is 3. The quantitative estimate of drug-likeness (QED) is 0.720. The minimum absolute atomic E-state index is 0.392. The third-order valence-corrected chi connectivity index (χ3v) is 4.45. The van der Waals surface area contributed by atoms with Gasteiger partial charge in [0.1, 0.15) is 5.82 Å². The van der Waals surface area contributed by atoms with E-state index in [-0.39, 0.29) is 0 Å². The van der Waals surface area contributed by atoms with Gasteiger partial charge in [-0.25, -0.2) is 9.50 Å². The third kappa shape index (κ3) is 3.89. The van der Waals surface area contributed by atoms with E-state index in [0.717, 1.165) is 28.9 Å². The average molecular weight is 374 g/mol. The lowest BCUT2D eigenvalue weighted by Gasteiger charge is -2.25. The summed E-state index contributed by atoms with van der Waals surface area (Å²) in [4.78, 5) is 6.84.